The van der Waals surface area contributed by atoms with Gasteiger partial charge < -0.3 is 0 Å². The molecule has 1 unspecified atom stereocenters. The summed E-state index contributed by atoms with van der Waals surface area (Å²) in [5.74, 6) is 0.163. The lowest BCUT2D eigenvalue weighted by Gasteiger charge is -2.07. The summed E-state index contributed by atoms with van der Waals surface area (Å²) >= 11 is 1.70. The summed E-state index contributed by atoms with van der Waals surface area (Å²) in [7, 11) is 0. The first-order valence-electron chi connectivity index (χ1n) is 5.58. The zero-order valence-corrected chi connectivity index (χ0v) is 10.2. The molecule has 1 heterocycles. The molecule has 2 aromatic carbocycles. The van der Waals surface area contributed by atoms with E-state index in [-0.39, 0.29) is 5.92 Å². The van der Waals surface area contributed by atoms with E-state index in [0.29, 0.717) is 0 Å². The molecule has 83 valence electrons. The zero-order valence-electron chi connectivity index (χ0n) is 9.34. The minimum Gasteiger partial charge on any atom is -0.245 e. The Morgan fingerprint density at radius 2 is 1.65 bits per heavy atom. The second kappa shape index (κ2) is 4.38. The van der Waals surface area contributed by atoms with E-state index in [2.05, 4.69) is 30.1 Å². The third-order valence-electron chi connectivity index (χ3n) is 2.81. The van der Waals surface area contributed by atoms with Crippen LogP contribution in [0, 0.1) is 6.92 Å². The van der Waals surface area contributed by atoms with Gasteiger partial charge in [-0.05, 0) is 30.7 Å². The van der Waals surface area contributed by atoms with Crippen molar-refractivity contribution in [1.29, 1.82) is 0 Å². The van der Waals surface area contributed by atoms with Crippen molar-refractivity contribution in [3.05, 3.63) is 67.1 Å². The largest absolute Gasteiger partial charge is 0.245 e. The lowest BCUT2D eigenvalue weighted by Crippen LogP contribution is -1.99. The molecule has 0 saturated carbocycles. The van der Waals surface area contributed by atoms with E-state index in [1.54, 1.807) is 11.8 Å². The molecule has 0 saturated heterocycles. The summed E-state index contributed by atoms with van der Waals surface area (Å²) in [6.07, 6.45) is 0. The average molecular weight is 238 g/mol. The topological polar surface area (TPSA) is 12.4 Å². The van der Waals surface area contributed by atoms with Gasteiger partial charge in [0.15, 0.2) is 0 Å². The van der Waals surface area contributed by atoms with Gasteiger partial charge in [-0.2, -0.15) is 0 Å². The Labute approximate surface area is 106 Å². The molecule has 1 aliphatic rings. The first-order valence-corrected chi connectivity index (χ1v) is 6.40. The van der Waals surface area contributed by atoms with E-state index in [0.717, 1.165) is 10.7 Å². The van der Waals surface area contributed by atoms with Crippen molar-refractivity contribution in [3.63, 3.8) is 0 Å². The van der Waals surface area contributed by atoms with Gasteiger partial charge in [0.1, 0.15) is 0 Å². The molecule has 0 N–H and O–H groups in total. The van der Waals surface area contributed by atoms with Gasteiger partial charge >= 0.3 is 0 Å². The van der Waals surface area contributed by atoms with Crippen LogP contribution in [0.2, 0.25) is 0 Å². The highest BCUT2D eigenvalue weighted by atomic mass is 32.2. The van der Waals surface area contributed by atoms with Crippen LogP contribution in [0.25, 0.3) is 0 Å². The van der Waals surface area contributed by atoms with Crippen molar-refractivity contribution in [2.24, 2.45) is 4.99 Å². The summed E-state index contributed by atoms with van der Waals surface area (Å²) in [5, 5.41) is 1.08. The van der Waals surface area contributed by atoms with Crippen molar-refractivity contribution in [1.82, 2.24) is 0 Å². The average Bonchev–Trinajstić information content (AvgIpc) is 2.68. The van der Waals surface area contributed by atoms with Crippen molar-refractivity contribution in [2.75, 3.05) is 0 Å². The van der Waals surface area contributed by atoms with Gasteiger partial charge in [0.25, 0.3) is 0 Å². The highest BCUT2D eigenvalue weighted by Crippen LogP contribution is 2.40. The van der Waals surface area contributed by atoms with Crippen molar-refractivity contribution >= 4 is 22.5 Å². The van der Waals surface area contributed by atoms with Crippen LogP contribution in [0.5, 0.6) is 0 Å². The molecule has 17 heavy (non-hydrogen) atoms. The maximum Gasteiger partial charge on any atom is 0.0862 e. The summed E-state index contributed by atoms with van der Waals surface area (Å²) in [6, 6.07) is 18.5. The highest BCUT2D eigenvalue weighted by Gasteiger charge is 2.23. The van der Waals surface area contributed by atoms with Gasteiger partial charge in [-0.1, -0.05) is 48.2 Å². The molecule has 0 spiro atoms. The lowest BCUT2D eigenvalue weighted by molar-refractivity contribution is 1.21. The minimum atomic E-state index is 0.163. The van der Waals surface area contributed by atoms with Crippen LogP contribution in [0.3, 0.4) is 0 Å². The molecule has 0 aliphatic carbocycles. The van der Waals surface area contributed by atoms with Gasteiger partial charge in [0.2, 0.25) is 0 Å². The molecule has 0 bridgehead atoms. The lowest BCUT2D eigenvalue weighted by atomic mass is 10.0. The van der Waals surface area contributed by atoms with Gasteiger partial charge in [0.05, 0.1) is 10.7 Å². The van der Waals surface area contributed by atoms with Gasteiger partial charge in [-0.25, -0.2) is 4.99 Å². The molecule has 1 nitrogen and oxygen atoms in total. The maximum atomic E-state index is 4.65. The molecule has 2 heteroatoms. The number of aliphatic imine (C=N–C) groups is 1. The molecule has 2 aromatic rings. The fourth-order valence-electron chi connectivity index (χ4n) is 1.92. The second-order valence-electron chi connectivity index (χ2n) is 3.98. The molecule has 1 atom stereocenters. The number of fused-ring (bicyclic) bond motifs is 1. The van der Waals surface area contributed by atoms with E-state index in [4.69, 9.17) is 0 Å². The Morgan fingerprint density at radius 3 is 2.41 bits per heavy atom. The Bertz CT molecular complexity index is 560. The minimum absolute atomic E-state index is 0.163. The van der Waals surface area contributed by atoms with Crippen LogP contribution in [-0.2, 0) is 0 Å². The molecule has 3 rings (SSSR count). The fourth-order valence-corrected chi connectivity index (χ4v) is 2.86. The standard InChI is InChI=1S/C15H12NS/c1-11-13-9-5-6-10-14(13)16-15(11)17-12-7-3-2-4-8-12/h2-11H,1H2. The van der Waals surface area contributed by atoms with Gasteiger partial charge in [0, 0.05) is 10.8 Å². The first-order chi connectivity index (χ1) is 8.34. The van der Waals surface area contributed by atoms with Crippen molar-refractivity contribution < 1.29 is 0 Å². The molecule has 0 amide bonds. The summed E-state index contributed by atoms with van der Waals surface area (Å²) < 4.78 is 0. The molecule has 1 aliphatic heterocycles. The van der Waals surface area contributed by atoms with E-state index in [9.17, 15) is 0 Å². The maximum absolute atomic E-state index is 4.65. The van der Waals surface area contributed by atoms with Crippen LogP contribution in [0.15, 0.2) is 64.5 Å². The Hall–Kier alpha value is -1.54. The van der Waals surface area contributed by atoms with E-state index < -0.39 is 0 Å². The summed E-state index contributed by atoms with van der Waals surface area (Å²) in [5.41, 5.74) is 2.29. The number of rotatable bonds is 1. The zero-order chi connectivity index (χ0) is 11.7. The number of nitrogens with zero attached hydrogens (tertiary/aromatic N) is 1. The van der Waals surface area contributed by atoms with E-state index in [1.807, 2.05) is 36.4 Å². The van der Waals surface area contributed by atoms with Crippen LogP contribution in [0.4, 0.5) is 5.69 Å². The Kier molecular flexibility index (Phi) is 2.73. The fraction of sp³-hybridized carbons (Fsp3) is 0.0667. The second-order valence-corrected chi connectivity index (χ2v) is 5.07. The molecular weight excluding hydrogens is 226 g/mol. The number of hydrogen-bond donors (Lipinski definition) is 0. The third-order valence-corrected chi connectivity index (χ3v) is 3.90. The molecule has 0 aromatic heterocycles. The quantitative estimate of drug-likeness (QED) is 0.715. The van der Waals surface area contributed by atoms with Gasteiger partial charge in [-0.15, -0.1) is 0 Å². The highest BCUT2D eigenvalue weighted by molar-refractivity contribution is 8.14. The third kappa shape index (κ3) is 2.01. The van der Waals surface area contributed by atoms with Crippen molar-refractivity contribution in [2.45, 2.75) is 10.8 Å². The van der Waals surface area contributed by atoms with Crippen LogP contribution < -0.4 is 0 Å². The Morgan fingerprint density at radius 1 is 0.941 bits per heavy atom. The first kappa shape index (κ1) is 10.6. The van der Waals surface area contributed by atoms with E-state index in [1.165, 1.54) is 10.5 Å². The smallest absolute Gasteiger partial charge is 0.0862 e. The number of benzene rings is 2. The summed E-state index contributed by atoms with van der Waals surface area (Å²) in [6.45, 7) is 4.20. The van der Waals surface area contributed by atoms with Crippen LogP contribution >= 0.6 is 11.8 Å². The van der Waals surface area contributed by atoms with E-state index >= 15 is 0 Å². The number of thioether (sulfide) groups is 1. The predicted octanol–water partition coefficient (Wildman–Crippen LogP) is 4.44. The SMILES string of the molecule is [CH2]C1C(Sc2ccccc2)=Nc2ccccc21. The van der Waals surface area contributed by atoms with Crippen LogP contribution in [-0.4, -0.2) is 5.04 Å². The van der Waals surface area contributed by atoms with Crippen LogP contribution in [0.1, 0.15) is 11.5 Å². The number of hydrogen-bond acceptors (Lipinski definition) is 2. The molecular formula is C15H12NS. The monoisotopic (exact) mass is 238 g/mol. The predicted molar refractivity (Wildman–Crippen MR) is 73.9 cm³/mol. The molecule has 1 radical (unpaired) electrons. The Balaban J connectivity index is 1.88. The molecule has 0 fully saturated rings. The summed E-state index contributed by atoms with van der Waals surface area (Å²) in [4.78, 5) is 5.86. The van der Waals surface area contributed by atoms with Crippen molar-refractivity contribution in [3.8, 4) is 0 Å². The number of para-hydroxylation sites is 1. The van der Waals surface area contributed by atoms with Gasteiger partial charge in [-0.3, -0.25) is 0 Å². The normalized spacial score (nSPS) is 17.7.